The van der Waals surface area contributed by atoms with E-state index in [0.29, 0.717) is 0 Å². The largest absolute Gasteiger partial charge is 0.377 e. The predicted molar refractivity (Wildman–Crippen MR) is 75.4 cm³/mol. The van der Waals surface area contributed by atoms with Gasteiger partial charge in [-0.1, -0.05) is 0 Å². The lowest BCUT2D eigenvalue weighted by Crippen LogP contribution is -2.30. The van der Waals surface area contributed by atoms with Crippen LogP contribution in [0.15, 0.2) is 6.20 Å². The molecule has 0 amide bonds. The number of anilines is 1. The summed E-state index contributed by atoms with van der Waals surface area (Å²) in [5, 5.41) is 5.22. The Labute approximate surface area is 113 Å². The van der Waals surface area contributed by atoms with E-state index in [1.54, 1.807) is 4.68 Å². The van der Waals surface area contributed by atoms with Crippen molar-refractivity contribution < 1.29 is 4.74 Å². The summed E-state index contributed by atoms with van der Waals surface area (Å²) < 4.78 is 7.35. The van der Waals surface area contributed by atoms with Crippen molar-refractivity contribution in [1.29, 1.82) is 0 Å². The van der Waals surface area contributed by atoms with Crippen LogP contribution in [0.2, 0.25) is 0 Å². The zero-order valence-electron chi connectivity index (χ0n) is 12.2. The van der Waals surface area contributed by atoms with Crippen LogP contribution in [0.5, 0.6) is 0 Å². The first-order chi connectivity index (χ1) is 9.02. The molecule has 0 aliphatic rings. The van der Waals surface area contributed by atoms with Gasteiger partial charge >= 0.3 is 0 Å². The molecule has 0 aliphatic carbocycles. The summed E-state index contributed by atoms with van der Waals surface area (Å²) in [5.74, 6) is 1.66. The Hall–Kier alpha value is -1.69. The molecule has 0 spiro atoms. The molecule has 104 valence electrons. The van der Waals surface area contributed by atoms with Gasteiger partial charge in [0.1, 0.15) is 11.6 Å². The van der Waals surface area contributed by atoms with Crippen LogP contribution in [-0.2, 0) is 11.8 Å². The van der Waals surface area contributed by atoms with E-state index in [1.165, 1.54) is 0 Å². The van der Waals surface area contributed by atoms with Gasteiger partial charge in [0.25, 0.3) is 0 Å². The Kier molecular flexibility index (Phi) is 3.99. The van der Waals surface area contributed by atoms with E-state index < -0.39 is 0 Å². The monoisotopic (exact) mass is 263 g/mol. The molecule has 0 bridgehead atoms. The molecule has 6 heteroatoms. The third kappa shape index (κ3) is 2.84. The fraction of sp³-hybridized carbons (Fsp3) is 0.615. The minimum absolute atomic E-state index is 0.164. The highest BCUT2D eigenvalue weighted by molar-refractivity contribution is 5.86. The second-order valence-electron chi connectivity index (χ2n) is 4.75. The predicted octanol–water partition coefficient (Wildman–Crippen LogP) is 1.53. The molecule has 2 heterocycles. The maximum Gasteiger partial charge on any atom is 0.163 e. The molecular weight excluding hydrogens is 242 g/mol. The van der Waals surface area contributed by atoms with E-state index >= 15 is 0 Å². The smallest absolute Gasteiger partial charge is 0.163 e. The van der Waals surface area contributed by atoms with E-state index in [9.17, 15) is 0 Å². The van der Waals surface area contributed by atoms with Gasteiger partial charge in [-0.2, -0.15) is 5.10 Å². The van der Waals surface area contributed by atoms with Crippen molar-refractivity contribution in [3.63, 3.8) is 0 Å². The zero-order chi connectivity index (χ0) is 14.0. The molecule has 0 N–H and O–H groups in total. The first-order valence-corrected chi connectivity index (χ1v) is 6.52. The Morgan fingerprint density at radius 3 is 2.84 bits per heavy atom. The molecule has 0 unspecified atom stereocenters. The molecule has 6 nitrogen and oxygen atoms in total. The molecular formula is C13H21N5O. The van der Waals surface area contributed by atoms with Gasteiger partial charge in [0.15, 0.2) is 5.65 Å². The number of hydrogen-bond donors (Lipinski definition) is 0. The molecule has 1 atom stereocenters. The highest BCUT2D eigenvalue weighted by Crippen LogP contribution is 2.22. The van der Waals surface area contributed by atoms with Gasteiger partial charge in [-0.05, 0) is 20.8 Å². The number of aromatic nitrogens is 4. The maximum atomic E-state index is 5.58. The fourth-order valence-electron chi connectivity index (χ4n) is 2.21. The number of fused-ring (bicyclic) bond motifs is 1. The number of aryl methyl sites for hydroxylation is 2. The number of rotatable bonds is 5. The number of hydrogen-bond acceptors (Lipinski definition) is 5. The molecule has 0 saturated heterocycles. The highest BCUT2D eigenvalue weighted by atomic mass is 16.5. The number of ether oxygens (including phenoxy) is 1. The summed E-state index contributed by atoms with van der Waals surface area (Å²) in [7, 11) is 3.91. The van der Waals surface area contributed by atoms with E-state index in [4.69, 9.17) is 4.74 Å². The summed E-state index contributed by atoms with van der Waals surface area (Å²) >= 11 is 0. The third-order valence-corrected chi connectivity index (χ3v) is 3.03. The van der Waals surface area contributed by atoms with Crippen LogP contribution in [0.25, 0.3) is 11.0 Å². The van der Waals surface area contributed by atoms with Gasteiger partial charge in [0.2, 0.25) is 0 Å². The average Bonchev–Trinajstić information content (AvgIpc) is 2.70. The summed E-state index contributed by atoms with van der Waals surface area (Å²) in [6.45, 7) is 7.48. The molecule has 0 radical (unpaired) electrons. The Morgan fingerprint density at radius 2 is 2.16 bits per heavy atom. The molecule has 0 aromatic carbocycles. The van der Waals surface area contributed by atoms with Gasteiger partial charge in [-0.15, -0.1) is 0 Å². The number of nitrogens with zero attached hydrogens (tertiary/aromatic N) is 5. The first kappa shape index (κ1) is 13.7. The van der Waals surface area contributed by atoms with Crippen molar-refractivity contribution in [2.45, 2.75) is 26.9 Å². The summed E-state index contributed by atoms with van der Waals surface area (Å²) in [4.78, 5) is 11.1. The molecule has 2 aromatic heterocycles. The molecule has 0 saturated carbocycles. The van der Waals surface area contributed by atoms with Gasteiger partial charge in [0.05, 0.1) is 17.7 Å². The minimum atomic E-state index is 0.164. The summed E-state index contributed by atoms with van der Waals surface area (Å²) in [6.07, 6.45) is 1.98. The lowest BCUT2D eigenvalue weighted by Gasteiger charge is -2.23. The van der Waals surface area contributed by atoms with Crippen molar-refractivity contribution >= 4 is 16.9 Å². The fourth-order valence-corrected chi connectivity index (χ4v) is 2.21. The Balaban J connectivity index is 2.33. The molecule has 0 aliphatic heterocycles. The van der Waals surface area contributed by atoms with Crippen LogP contribution in [0.1, 0.15) is 19.7 Å². The van der Waals surface area contributed by atoms with E-state index in [0.717, 1.165) is 35.8 Å². The van der Waals surface area contributed by atoms with Gasteiger partial charge in [0, 0.05) is 27.2 Å². The van der Waals surface area contributed by atoms with Crippen molar-refractivity contribution in [3.8, 4) is 0 Å². The van der Waals surface area contributed by atoms with Crippen LogP contribution in [0.3, 0.4) is 0 Å². The van der Waals surface area contributed by atoms with Crippen LogP contribution in [-0.4, -0.2) is 46.1 Å². The second kappa shape index (κ2) is 5.52. The van der Waals surface area contributed by atoms with Crippen LogP contribution in [0.4, 0.5) is 5.82 Å². The lowest BCUT2D eigenvalue weighted by molar-refractivity contribution is 0.0817. The third-order valence-electron chi connectivity index (χ3n) is 3.03. The van der Waals surface area contributed by atoms with Crippen molar-refractivity contribution in [3.05, 3.63) is 12.0 Å². The normalized spacial score (nSPS) is 12.9. The zero-order valence-corrected chi connectivity index (χ0v) is 12.2. The van der Waals surface area contributed by atoms with Gasteiger partial charge in [-0.25, -0.2) is 9.97 Å². The van der Waals surface area contributed by atoms with Crippen molar-refractivity contribution in [2.75, 3.05) is 25.1 Å². The summed E-state index contributed by atoms with van der Waals surface area (Å²) in [5.41, 5.74) is 0.860. The SMILES string of the molecule is CCO[C@H](C)CN(C)c1nc(C)nc2c1cnn2C. The standard InChI is InChI=1S/C13H21N5O/c1-6-19-9(2)8-17(4)12-11-7-14-18(5)13(11)16-10(3)15-12/h7,9H,6,8H2,1-5H3/t9-/m1/s1. The minimum Gasteiger partial charge on any atom is -0.377 e. The van der Waals surface area contributed by atoms with Gasteiger partial charge in [-0.3, -0.25) is 4.68 Å². The Morgan fingerprint density at radius 1 is 1.42 bits per heavy atom. The Bertz CT molecular complexity index is 565. The molecule has 19 heavy (non-hydrogen) atoms. The molecule has 2 rings (SSSR count). The van der Waals surface area contributed by atoms with Crippen LogP contribution < -0.4 is 4.90 Å². The highest BCUT2D eigenvalue weighted by Gasteiger charge is 2.15. The van der Waals surface area contributed by atoms with Crippen molar-refractivity contribution in [2.24, 2.45) is 7.05 Å². The van der Waals surface area contributed by atoms with E-state index in [2.05, 4.69) is 26.9 Å². The van der Waals surface area contributed by atoms with Crippen LogP contribution >= 0.6 is 0 Å². The summed E-state index contributed by atoms with van der Waals surface area (Å²) in [6, 6.07) is 0. The topological polar surface area (TPSA) is 56.1 Å². The molecule has 0 fully saturated rings. The van der Waals surface area contributed by atoms with E-state index in [1.807, 2.05) is 34.1 Å². The average molecular weight is 263 g/mol. The maximum absolute atomic E-state index is 5.58. The lowest BCUT2D eigenvalue weighted by atomic mass is 10.3. The second-order valence-corrected chi connectivity index (χ2v) is 4.75. The van der Waals surface area contributed by atoms with E-state index in [-0.39, 0.29) is 6.10 Å². The van der Waals surface area contributed by atoms with Gasteiger partial charge < -0.3 is 9.64 Å². The van der Waals surface area contributed by atoms with Crippen LogP contribution in [0, 0.1) is 6.92 Å². The number of likely N-dealkylation sites (N-methyl/N-ethyl adjacent to an activating group) is 1. The van der Waals surface area contributed by atoms with Crippen molar-refractivity contribution in [1.82, 2.24) is 19.7 Å². The quantitative estimate of drug-likeness (QED) is 0.819. The first-order valence-electron chi connectivity index (χ1n) is 6.52. The molecule has 2 aromatic rings.